The highest BCUT2D eigenvalue weighted by atomic mass is 19.1. The SMILES string of the molecule is Cc1n[nH]cc1-c1cnc(N)c(C(=O)N[C@@H]2CCN(C(=O)c3ccc(-c4ccc(F)cc4F)cc3)C2)c1. The minimum Gasteiger partial charge on any atom is -0.383 e. The number of amides is 2. The summed E-state index contributed by atoms with van der Waals surface area (Å²) in [4.78, 5) is 31.8. The van der Waals surface area contributed by atoms with E-state index in [9.17, 15) is 18.4 Å². The van der Waals surface area contributed by atoms with E-state index in [1.807, 2.05) is 6.92 Å². The van der Waals surface area contributed by atoms with Gasteiger partial charge in [-0.2, -0.15) is 5.10 Å². The van der Waals surface area contributed by atoms with Gasteiger partial charge in [0.2, 0.25) is 0 Å². The number of likely N-dealkylation sites (tertiary alicyclic amines) is 1. The lowest BCUT2D eigenvalue weighted by Gasteiger charge is -2.18. The fraction of sp³-hybridized carbons (Fsp3) is 0.185. The van der Waals surface area contributed by atoms with Crippen molar-refractivity contribution in [3.63, 3.8) is 0 Å². The van der Waals surface area contributed by atoms with E-state index in [1.54, 1.807) is 47.6 Å². The van der Waals surface area contributed by atoms with E-state index in [2.05, 4.69) is 20.5 Å². The maximum Gasteiger partial charge on any atom is 0.255 e. The summed E-state index contributed by atoms with van der Waals surface area (Å²) in [6.07, 6.45) is 3.91. The minimum absolute atomic E-state index is 0.117. The largest absolute Gasteiger partial charge is 0.383 e. The molecule has 2 amide bonds. The molecule has 3 heterocycles. The number of halogens is 2. The van der Waals surface area contributed by atoms with E-state index in [0.717, 1.165) is 22.9 Å². The maximum absolute atomic E-state index is 14.1. The van der Waals surface area contributed by atoms with Crippen molar-refractivity contribution < 1.29 is 18.4 Å². The van der Waals surface area contributed by atoms with Crippen LogP contribution in [0.5, 0.6) is 0 Å². The molecule has 2 aromatic carbocycles. The van der Waals surface area contributed by atoms with E-state index in [-0.39, 0.29) is 34.8 Å². The topological polar surface area (TPSA) is 117 Å². The molecule has 1 fully saturated rings. The van der Waals surface area contributed by atoms with E-state index in [1.165, 1.54) is 12.1 Å². The quantitative estimate of drug-likeness (QED) is 0.382. The smallest absolute Gasteiger partial charge is 0.255 e. The molecular weight excluding hydrogens is 478 g/mol. The molecule has 0 radical (unpaired) electrons. The second kappa shape index (κ2) is 9.81. The van der Waals surface area contributed by atoms with Crippen molar-refractivity contribution in [3.8, 4) is 22.3 Å². The zero-order chi connectivity index (χ0) is 26.1. The Morgan fingerprint density at radius 3 is 2.57 bits per heavy atom. The highest BCUT2D eigenvalue weighted by Crippen LogP contribution is 2.26. The summed E-state index contributed by atoms with van der Waals surface area (Å²) in [5, 5.41) is 9.84. The second-order valence-corrected chi connectivity index (χ2v) is 8.95. The number of nitrogen functional groups attached to an aromatic ring is 1. The van der Waals surface area contributed by atoms with Crippen molar-refractivity contribution >= 4 is 17.6 Å². The van der Waals surface area contributed by atoms with Crippen LogP contribution in [0.3, 0.4) is 0 Å². The Morgan fingerprint density at radius 2 is 1.86 bits per heavy atom. The molecule has 2 aromatic heterocycles. The van der Waals surface area contributed by atoms with Crippen LogP contribution in [-0.4, -0.2) is 51.0 Å². The zero-order valence-corrected chi connectivity index (χ0v) is 20.0. The van der Waals surface area contributed by atoms with Gasteiger partial charge in [0.25, 0.3) is 11.8 Å². The molecule has 0 aliphatic carbocycles. The molecule has 1 atom stereocenters. The lowest BCUT2D eigenvalue weighted by atomic mass is 10.0. The number of anilines is 1. The third kappa shape index (κ3) is 4.90. The predicted octanol–water partition coefficient (Wildman–Crippen LogP) is 3.95. The van der Waals surface area contributed by atoms with Crippen LogP contribution in [0.15, 0.2) is 60.9 Å². The van der Waals surface area contributed by atoms with Gasteiger partial charge in [-0.25, -0.2) is 13.8 Å². The molecule has 1 aliphatic rings. The van der Waals surface area contributed by atoms with Gasteiger partial charge >= 0.3 is 0 Å². The molecule has 37 heavy (non-hydrogen) atoms. The number of pyridine rings is 1. The fourth-order valence-corrected chi connectivity index (χ4v) is 4.48. The van der Waals surface area contributed by atoms with Gasteiger partial charge < -0.3 is 16.0 Å². The Hall–Kier alpha value is -4.60. The molecule has 8 nitrogen and oxygen atoms in total. The summed E-state index contributed by atoms with van der Waals surface area (Å²) < 4.78 is 27.3. The number of hydrogen-bond acceptors (Lipinski definition) is 5. The number of nitrogens with zero attached hydrogens (tertiary/aromatic N) is 3. The molecular formula is C27H24F2N6O2. The highest BCUT2D eigenvalue weighted by molar-refractivity contribution is 6.00. The van der Waals surface area contributed by atoms with Crippen molar-refractivity contribution in [2.24, 2.45) is 0 Å². The Balaban J connectivity index is 1.24. The molecule has 10 heteroatoms. The van der Waals surface area contributed by atoms with Gasteiger partial charge in [0.1, 0.15) is 17.5 Å². The first kappa shape index (κ1) is 24.1. The number of nitrogens with two attached hydrogens (primary N) is 1. The van der Waals surface area contributed by atoms with Gasteiger partial charge in [-0.3, -0.25) is 14.7 Å². The van der Waals surface area contributed by atoms with Gasteiger partial charge in [0.15, 0.2) is 0 Å². The Bertz CT molecular complexity index is 1480. The van der Waals surface area contributed by atoms with Gasteiger partial charge in [-0.15, -0.1) is 0 Å². The number of nitrogens with one attached hydrogen (secondary N) is 2. The molecule has 188 valence electrons. The van der Waals surface area contributed by atoms with Crippen molar-refractivity contribution in [2.75, 3.05) is 18.8 Å². The van der Waals surface area contributed by atoms with E-state index in [0.29, 0.717) is 30.6 Å². The van der Waals surface area contributed by atoms with Gasteiger partial charge in [0, 0.05) is 59.8 Å². The summed E-state index contributed by atoms with van der Waals surface area (Å²) in [6.45, 7) is 2.66. The molecule has 4 N–H and O–H groups in total. The lowest BCUT2D eigenvalue weighted by Crippen LogP contribution is -2.38. The number of benzene rings is 2. The molecule has 1 aliphatic heterocycles. The standard InChI is InChI=1S/C27H24F2N6O2/c1-15-23(13-32-34-15)18-10-22(25(30)31-12-18)26(36)33-20-8-9-35(14-20)27(37)17-4-2-16(3-5-17)21-7-6-19(28)11-24(21)29/h2-7,10-13,20H,8-9,14H2,1H3,(H2,30,31)(H,32,34)(H,33,36)/t20-/m1/s1. The number of aryl methyl sites for hydroxylation is 1. The lowest BCUT2D eigenvalue weighted by molar-refractivity contribution is 0.0783. The number of aromatic amines is 1. The van der Waals surface area contributed by atoms with Crippen LogP contribution in [0.4, 0.5) is 14.6 Å². The van der Waals surface area contributed by atoms with E-state index < -0.39 is 11.6 Å². The predicted molar refractivity (Wildman–Crippen MR) is 135 cm³/mol. The third-order valence-corrected chi connectivity index (χ3v) is 6.49. The molecule has 1 saturated heterocycles. The van der Waals surface area contributed by atoms with Crippen LogP contribution in [0.2, 0.25) is 0 Å². The van der Waals surface area contributed by atoms with Crippen LogP contribution >= 0.6 is 0 Å². The fourth-order valence-electron chi connectivity index (χ4n) is 4.48. The summed E-state index contributed by atoms with van der Waals surface area (Å²) in [7, 11) is 0. The zero-order valence-electron chi connectivity index (χ0n) is 20.0. The number of H-pyrrole nitrogens is 1. The first-order chi connectivity index (χ1) is 17.8. The number of rotatable bonds is 5. The Labute approximate surface area is 211 Å². The summed E-state index contributed by atoms with van der Waals surface area (Å²) in [5.41, 5.74) is 9.79. The van der Waals surface area contributed by atoms with E-state index in [4.69, 9.17) is 5.73 Å². The Morgan fingerprint density at radius 1 is 1.08 bits per heavy atom. The molecule has 0 bridgehead atoms. The number of hydrogen-bond donors (Lipinski definition) is 3. The monoisotopic (exact) mass is 502 g/mol. The molecule has 4 aromatic rings. The van der Waals surface area contributed by atoms with Crippen LogP contribution in [0.1, 0.15) is 32.8 Å². The third-order valence-electron chi connectivity index (χ3n) is 6.49. The van der Waals surface area contributed by atoms with Crippen molar-refractivity contribution in [3.05, 3.63) is 89.4 Å². The Kier molecular flexibility index (Phi) is 6.39. The van der Waals surface area contributed by atoms with E-state index >= 15 is 0 Å². The molecule has 0 spiro atoms. The number of aromatic nitrogens is 3. The first-order valence-electron chi connectivity index (χ1n) is 11.7. The second-order valence-electron chi connectivity index (χ2n) is 8.95. The van der Waals surface area contributed by atoms with Crippen LogP contribution in [0.25, 0.3) is 22.3 Å². The van der Waals surface area contributed by atoms with Crippen LogP contribution < -0.4 is 11.1 Å². The summed E-state index contributed by atoms with van der Waals surface area (Å²) >= 11 is 0. The number of carbonyl (C=O) groups excluding carboxylic acids is 2. The van der Waals surface area contributed by atoms with Crippen molar-refractivity contribution in [1.29, 1.82) is 0 Å². The summed E-state index contributed by atoms with van der Waals surface area (Å²) in [5.74, 6) is -1.76. The van der Waals surface area contributed by atoms with Crippen molar-refractivity contribution in [1.82, 2.24) is 25.4 Å². The van der Waals surface area contributed by atoms with Crippen LogP contribution in [0, 0.1) is 18.6 Å². The van der Waals surface area contributed by atoms with Crippen LogP contribution in [-0.2, 0) is 0 Å². The molecule has 0 unspecified atom stereocenters. The average molecular weight is 503 g/mol. The normalized spacial score (nSPS) is 15.1. The van der Waals surface area contributed by atoms with Gasteiger partial charge in [-0.1, -0.05) is 12.1 Å². The average Bonchev–Trinajstić information content (AvgIpc) is 3.53. The minimum atomic E-state index is -0.668. The molecule has 0 saturated carbocycles. The maximum atomic E-state index is 14.1. The molecule has 5 rings (SSSR count). The van der Waals surface area contributed by atoms with Crippen molar-refractivity contribution in [2.45, 2.75) is 19.4 Å². The van der Waals surface area contributed by atoms with Gasteiger partial charge in [-0.05, 0) is 49.2 Å². The van der Waals surface area contributed by atoms with Gasteiger partial charge in [0.05, 0.1) is 11.3 Å². The first-order valence-corrected chi connectivity index (χ1v) is 11.7. The number of carbonyl (C=O) groups is 2. The highest BCUT2D eigenvalue weighted by Gasteiger charge is 2.29. The summed E-state index contributed by atoms with van der Waals surface area (Å²) in [6, 6.07) is 11.3.